The lowest BCUT2D eigenvalue weighted by atomic mass is 9.96. The van der Waals surface area contributed by atoms with Crippen LogP contribution in [0.15, 0.2) is 24.3 Å². The molecule has 2 rings (SSSR count). The molecule has 0 bridgehead atoms. The minimum atomic E-state index is -0.164. The van der Waals surface area contributed by atoms with Gasteiger partial charge in [0.1, 0.15) is 0 Å². The third-order valence-corrected chi connectivity index (χ3v) is 4.57. The standard InChI is InChI=1S/C18H28N2O3/c1-23-13-16-9-6-5-7-14(16)11-19-18(22)20-17-10-4-2-3-8-15(17)12-21/h5-7,9,15,17,21H,2-4,8,10-13H2,1H3,(H2,19,20,22). The van der Waals surface area contributed by atoms with Crippen LogP contribution in [0.3, 0.4) is 0 Å². The van der Waals surface area contributed by atoms with Crippen molar-refractivity contribution in [3.05, 3.63) is 35.4 Å². The number of urea groups is 1. The van der Waals surface area contributed by atoms with Gasteiger partial charge in [0.2, 0.25) is 0 Å². The van der Waals surface area contributed by atoms with Gasteiger partial charge >= 0.3 is 6.03 Å². The van der Waals surface area contributed by atoms with Crippen LogP contribution in [0.25, 0.3) is 0 Å². The van der Waals surface area contributed by atoms with Crippen LogP contribution in [-0.2, 0) is 17.9 Å². The fraction of sp³-hybridized carbons (Fsp3) is 0.611. The molecule has 23 heavy (non-hydrogen) atoms. The molecule has 0 heterocycles. The number of rotatable bonds is 6. The minimum Gasteiger partial charge on any atom is -0.396 e. The van der Waals surface area contributed by atoms with Gasteiger partial charge in [-0.1, -0.05) is 43.5 Å². The van der Waals surface area contributed by atoms with Crippen LogP contribution in [0.5, 0.6) is 0 Å². The van der Waals surface area contributed by atoms with Crippen molar-refractivity contribution in [1.82, 2.24) is 10.6 Å². The van der Waals surface area contributed by atoms with Crippen molar-refractivity contribution in [2.75, 3.05) is 13.7 Å². The average molecular weight is 320 g/mol. The molecule has 1 aliphatic carbocycles. The summed E-state index contributed by atoms with van der Waals surface area (Å²) < 4.78 is 5.18. The minimum absolute atomic E-state index is 0.0664. The Bertz CT molecular complexity index is 493. The highest BCUT2D eigenvalue weighted by Gasteiger charge is 2.24. The second-order valence-electron chi connectivity index (χ2n) is 6.22. The van der Waals surface area contributed by atoms with E-state index in [0.29, 0.717) is 13.2 Å². The summed E-state index contributed by atoms with van der Waals surface area (Å²) in [6.45, 7) is 1.15. The molecule has 1 saturated carbocycles. The normalized spacial score (nSPS) is 21.5. The van der Waals surface area contributed by atoms with Gasteiger partial charge in [0.25, 0.3) is 0 Å². The summed E-state index contributed by atoms with van der Waals surface area (Å²) in [5.41, 5.74) is 2.14. The first-order valence-corrected chi connectivity index (χ1v) is 8.45. The first-order valence-electron chi connectivity index (χ1n) is 8.45. The van der Waals surface area contributed by atoms with Gasteiger partial charge in [0.05, 0.1) is 6.61 Å². The van der Waals surface area contributed by atoms with E-state index in [1.54, 1.807) is 7.11 Å². The second kappa shape index (κ2) is 9.53. The van der Waals surface area contributed by atoms with Crippen LogP contribution in [-0.4, -0.2) is 30.9 Å². The van der Waals surface area contributed by atoms with Crippen LogP contribution in [0.1, 0.15) is 43.2 Å². The summed E-state index contributed by atoms with van der Waals surface area (Å²) in [5, 5.41) is 15.5. The zero-order valence-electron chi connectivity index (χ0n) is 13.9. The third kappa shape index (κ3) is 5.52. The number of ether oxygens (including phenoxy) is 1. The molecule has 0 spiro atoms. The molecule has 0 saturated heterocycles. The maximum Gasteiger partial charge on any atom is 0.315 e. The Labute approximate surface area is 138 Å². The van der Waals surface area contributed by atoms with Gasteiger partial charge in [-0.15, -0.1) is 0 Å². The number of hydrogen-bond donors (Lipinski definition) is 3. The van der Waals surface area contributed by atoms with Crippen LogP contribution in [0.4, 0.5) is 4.79 Å². The van der Waals surface area contributed by atoms with Gasteiger partial charge in [-0.05, 0) is 24.0 Å². The van der Waals surface area contributed by atoms with Crippen LogP contribution >= 0.6 is 0 Å². The van der Waals surface area contributed by atoms with Gasteiger partial charge in [0, 0.05) is 32.2 Å². The van der Waals surface area contributed by atoms with Crippen LogP contribution in [0, 0.1) is 5.92 Å². The number of carbonyl (C=O) groups is 1. The molecular formula is C18H28N2O3. The van der Waals surface area contributed by atoms with Crippen LogP contribution in [0.2, 0.25) is 0 Å². The van der Waals surface area contributed by atoms with Crippen molar-refractivity contribution < 1.29 is 14.6 Å². The van der Waals surface area contributed by atoms with Crippen molar-refractivity contribution in [2.24, 2.45) is 5.92 Å². The van der Waals surface area contributed by atoms with Gasteiger partial charge in [-0.25, -0.2) is 4.79 Å². The predicted octanol–water partition coefficient (Wildman–Crippen LogP) is 2.57. The van der Waals surface area contributed by atoms with E-state index in [9.17, 15) is 9.90 Å². The van der Waals surface area contributed by atoms with Crippen molar-refractivity contribution in [2.45, 2.75) is 51.3 Å². The van der Waals surface area contributed by atoms with Crippen molar-refractivity contribution in [1.29, 1.82) is 0 Å². The highest BCUT2D eigenvalue weighted by atomic mass is 16.5. The summed E-state index contributed by atoms with van der Waals surface area (Å²) in [4.78, 5) is 12.2. The topological polar surface area (TPSA) is 70.6 Å². The molecular weight excluding hydrogens is 292 g/mol. The summed E-state index contributed by atoms with van der Waals surface area (Å²) >= 11 is 0. The largest absolute Gasteiger partial charge is 0.396 e. The highest BCUT2D eigenvalue weighted by Crippen LogP contribution is 2.23. The maximum atomic E-state index is 12.2. The van der Waals surface area contributed by atoms with Gasteiger partial charge in [0.15, 0.2) is 0 Å². The first kappa shape index (κ1) is 17.8. The molecule has 2 amide bonds. The Hall–Kier alpha value is -1.59. The van der Waals surface area contributed by atoms with E-state index in [2.05, 4.69) is 10.6 Å². The Morgan fingerprint density at radius 3 is 2.70 bits per heavy atom. The van der Waals surface area contributed by atoms with E-state index < -0.39 is 0 Å². The van der Waals surface area contributed by atoms with E-state index >= 15 is 0 Å². The molecule has 3 N–H and O–H groups in total. The number of benzene rings is 1. The first-order chi connectivity index (χ1) is 11.2. The zero-order valence-corrected chi connectivity index (χ0v) is 13.9. The zero-order chi connectivity index (χ0) is 16.5. The Morgan fingerprint density at radius 1 is 1.22 bits per heavy atom. The molecule has 1 fully saturated rings. The van der Waals surface area contributed by atoms with E-state index in [-0.39, 0.29) is 24.6 Å². The summed E-state index contributed by atoms with van der Waals surface area (Å²) in [5.74, 6) is 0.170. The molecule has 2 unspecified atom stereocenters. The Morgan fingerprint density at radius 2 is 1.96 bits per heavy atom. The molecule has 5 nitrogen and oxygen atoms in total. The van der Waals surface area contributed by atoms with E-state index in [4.69, 9.17) is 4.74 Å². The molecule has 1 aromatic rings. The SMILES string of the molecule is COCc1ccccc1CNC(=O)NC1CCCCCC1CO. The van der Waals surface area contributed by atoms with Gasteiger partial charge < -0.3 is 20.5 Å². The molecule has 128 valence electrons. The van der Waals surface area contributed by atoms with E-state index in [1.807, 2.05) is 24.3 Å². The predicted molar refractivity (Wildman–Crippen MR) is 90.0 cm³/mol. The molecule has 0 aliphatic heterocycles. The summed E-state index contributed by atoms with van der Waals surface area (Å²) in [6, 6.07) is 7.83. The van der Waals surface area contributed by atoms with Gasteiger partial charge in [-0.2, -0.15) is 0 Å². The summed E-state index contributed by atoms with van der Waals surface area (Å²) in [7, 11) is 1.66. The molecule has 2 atom stereocenters. The number of amides is 2. The van der Waals surface area contributed by atoms with Gasteiger partial charge in [-0.3, -0.25) is 0 Å². The highest BCUT2D eigenvalue weighted by molar-refractivity contribution is 5.74. The Kier molecular flexibility index (Phi) is 7.36. The number of methoxy groups -OCH3 is 1. The van der Waals surface area contributed by atoms with Crippen LogP contribution < -0.4 is 10.6 Å². The monoisotopic (exact) mass is 320 g/mol. The molecule has 1 aliphatic rings. The number of aliphatic hydroxyl groups is 1. The molecule has 5 heteroatoms. The maximum absolute atomic E-state index is 12.2. The average Bonchev–Trinajstić information content (AvgIpc) is 2.79. The number of aliphatic hydroxyl groups excluding tert-OH is 1. The fourth-order valence-corrected chi connectivity index (χ4v) is 3.21. The van der Waals surface area contributed by atoms with E-state index in [1.165, 1.54) is 6.42 Å². The molecule has 0 radical (unpaired) electrons. The lowest BCUT2D eigenvalue weighted by molar-refractivity contribution is 0.178. The Balaban J connectivity index is 1.87. The van der Waals surface area contributed by atoms with Crippen molar-refractivity contribution in [3.63, 3.8) is 0 Å². The van der Waals surface area contributed by atoms with Crippen molar-refractivity contribution >= 4 is 6.03 Å². The lowest BCUT2D eigenvalue weighted by Crippen LogP contribution is -2.46. The fourth-order valence-electron chi connectivity index (χ4n) is 3.21. The number of hydrogen-bond acceptors (Lipinski definition) is 3. The van der Waals surface area contributed by atoms with Crippen molar-refractivity contribution in [3.8, 4) is 0 Å². The molecule has 1 aromatic carbocycles. The number of nitrogens with one attached hydrogen (secondary N) is 2. The smallest absolute Gasteiger partial charge is 0.315 e. The second-order valence-corrected chi connectivity index (χ2v) is 6.22. The quantitative estimate of drug-likeness (QED) is 0.706. The lowest BCUT2D eigenvalue weighted by Gasteiger charge is -2.24. The number of carbonyl (C=O) groups excluding carboxylic acids is 1. The summed E-state index contributed by atoms with van der Waals surface area (Å²) in [6.07, 6.45) is 5.35. The molecule has 0 aromatic heterocycles. The third-order valence-electron chi connectivity index (χ3n) is 4.57. The van der Waals surface area contributed by atoms with E-state index in [0.717, 1.165) is 36.8 Å².